The molecule has 1 aromatic rings. The van der Waals surface area contributed by atoms with Gasteiger partial charge in [-0.3, -0.25) is 0 Å². The average Bonchev–Trinajstić information content (AvgIpc) is 2.49. The number of nitriles is 1. The van der Waals surface area contributed by atoms with E-state index >= 15 is 0 Å². The SMILES string of the molecule is N#CC(O)C(O)c1ccc(Cl)s1. The van der Waals surface area contributed by atoms with E-state index < -0.39 is 12.2 Å². The molecule has 0 amide bonds. The first kappa shape index (κ1) is 9.49. The molecule has 3 nitrogen and oxygen atoms in total. The molecule has 2 unspecified atom stereocenters. The van der Waals surface area contributed by atoms with E-state index in [9.17, 15) is 5.11 Å². The summed E-state index contributed by atoms with van der Waals surface area (Å²) in [5, 5.41) is 26.5. The van der Waals surface area contributed by atoms with Crippen LogP contribution in [0.15, 0.2) is 12.1 Å². The predicted octanol–water partition coefficient (Wildman–Crippen LogP) is 1.32. The molecule has 0 aliphatic carbocycles. The Bertz CT molecular complexity index is 307. The number of thiophene rings is 1. The van der Waals surface area contributed by atoms with Crippen molar-refractivity contribution < 1.29 is 10.2 Å². The summed E-state index contributed by atoms with van der Waals surface area (Å²) < 4.78 is 0.522. The van der Waals surface area contributed by atoms with E-state index in [1.54, 1.807) is 18.2 Å². The normalized spacial score (nSPS) is 15.2. The molecule has 12 heavy (non-hydrogen) atoms. The Kier molecular flexibility index (Phi) is 3.06. The fraction of sp³-hybridized carbons (Fsp3) is 0.286. The van der Waals surface area contributed by atoms with Crippen molar-refractivity contribution in [3.63, 3.8) is 0 Å². The summed E-state index contributed by atoms with van der Waals surface area (Å²) in [4.78, 5) is 0.494. The minimum Gasteiger partial charge on any atom is -0.384 e. The summed E-state index contributed by atoms with van der Waals surface area (Å²) in [5.74, 6) is 0. The number of rotatable bonds is 2. The van der Waals surface area contributed by atoms with E-state index in [2.05, 4.69) is 0 Å². The third-order valence-electron chi connectivity index (χ3n) is 1.32. The highest BCUT2D eigenvalue weighted by Crippen LogP contribution is 2.28. The first-order chi connectivity index (χ1) is 5.65. The van der Waals surface area contributed by atoms with Gasteiger partial charge in [-0.2, -0.15) is 5.26 Å². The zero-order chi connectivity index (χ0) is 9.14. The molecule has 64 valence electrons. The molecule has 0 bridgehead atoms. The topological polar surface area (TPSA) is 64.2 Å². The van der Waals surface area contributed by atoms with Crippen LogP contribution in [0, 0.1) is 11.3 Å². The van der Waals surface area contributed by atoms with Crippen LogP contribution in [0.3, 0.4) is 0 Å². The zero-order valence-electron chi connectivity index (χ0n) is 5.94. The lowest BCUT2D eigenvalue weighted by atomic mass is 10.2. The summed E-state index contributed by atoms with van der Waals surface area (Å²) in [6.45, 7) is 0. The van der Waals surface area contributed by atoms with Gasteiger partial charge < -0.3 is 10.2 Å². The highest BCUT2D eigenvalue weighted by Gasteiger charge is 2.18. The van der Waals surface area contributed by atoms with Gasteiger partial charge in [-0.05, 0) is 12.1 Å². The fourth-order valence-corrected chi connectivity index (χ4v) is 1.79. The van der Waals surface area contributed by atoms with Gasteiger partial charge in [0.05, 0.1) is 10.4 Å². The zero-order valence-corrected chi connectivity index (χ0v) is 7.51. The average molecular weight is 204 g/mol. The summed E-state index contributed by atoms with van der Waals surface area (Å²) in [7, 11) is 0. The number of aliphatic hydroxyl groups excluding tert-OH is 2. The van der Waals surface area contributed by atoms with Crippen LogP contribution in [0.1, 0.15) is 11.0 Å². The predicted molar refractivity (Wildman–Crippen MR) is 45.9 cm³/mol. The van der Waals surface area contributed by atoms with Crippen LogP contribution in [-0.2, 0) is 0 Å². The monoisotopic (exact) mass is 203 g/mol. The van der Waals surface area contributed by atoms with Crippen molar-refractivity contribution in [1.29, 1.82) is 5.26 Å². The molecular weight excluding hydrogens is 198 g/mol. The molecule has 0 spiro atoms. The van der Waals surface area contributed by atoms with Crippen LogP contribution in [0.4, 0.5) is 0 Å². The summed E-state index contributed by atoms with van der Waals surface area (Å²) in [6, 6.07) is 4.73. The Balaban J connectivity index is 2.79. The molecule has 0 saturated carbocycles. The van der Waals surface area contributed by atoms with E-state index in [4.69, 9.17) is 22.0 Å². The molecule has 1 rings (SSSR count). The lowest BCUT2D eigenvalue weighted by Crippen LogP contribution is -2.14. The fourth-order valence-electron chi connectivity index (χ4n) is 0.713. The van der Waals surface area contributed by atoms with Gasteiger partial charge in [0.15, 0.2) is 6.10 Å². The molecule has 2 N–H and O–H groups in total. The Morgan fingerprint density at radius 1 is 1.50 bits per heavy atom. The highest BCUT2D eigenvalue weighted by atomic mass is 35.5. The van der Waals surface area contributed by atoms with Gasteiger partial charge in [-0.25, -0.2) is 0 Å². The molecule has 0 aliphatic heterocycles. The molecule has 0 fully saturated rings. The van der Waals surface area contributed by atoms with E-state index in [1.165, 1.54) is 0 Å². The van der Waals surface area contributed by atoms with Crippen LogP contribution in [0.25, 0.3) is 0 Å². The van der Waals surface area contributed by atoms with Crippen LogP contribution < -0.4 is 0 Å². The van der Waals surface area contributed by atoms with Crippen molar-refractivity contribution in [3.05, 3.63) is 21.3 Å². The second kappa shape index (κ2) is 3.87. The van der Waals surface area contributed by atoms with Crippen molar-refractivity contribution in [3.8, 4) is 6.07 Å². The molecule has 1 aromatic heterocycles. The van der Waals surface area contributed by atoms with Gasteiger partial charge in [-0.1, -0.05) is 11.6 Å². The Labute approximate surface area is 78.5 Å². The minimum absolute atomic E-state index is 0.494. The standard InChI is InChI=1S/C7H6ClNO2S/c8-6-2-1-5(12-6)7(11)4(10)3-9/h1-2,4,7,10-11H. The third-order valence-corrected chi connectivity index (χ3v) is 2.62. The first-order valence-corrected chi connectivity index (χ1v) is 4.35. The Morgan fingerprint density at radius 3 is 2.58 bits per heavy atom. The maximum atomic E-state index is 9.28. The maximum Gasteiger partial charge on any atom is 0.171 e. The number of hydrogen-bond donors (Lipinski definition) is 2. The molecule has 5 heteroatoms. The van der Waals surface area contributed by atoms with Crippen molar-refractivity contribution in [2.75, 3.05) is 0 Å². The van der Waals surface area contributed by atoms with Crippen molar-refractivity contribution >= 4 is 22.9 Å². The molecule has 1 heterocycles. The second-order valence-corrected chi connectivity index (χ2v) is 3.91. The Morgan fingerprint density at radius 2 is 2.17 bits per heavy atom. The lowest BCUT2D eigenvalue weighted by Gasteiger charge is -2.07. The van der Waals surface area contributed by atoms with Crippen molar-refractivity contribution in [1.82, 2.24) is 0 Å². The van der Waals surface area contributed by atoms with Crippen molar-refractivity contribution in [2.45, 2.75) is 12.2 Å². The van der Waals surface area contributed by atoms with Crippen molar-refractivity contribution in [2.24, 2.45) is 0 Å². The largest absolute Gasteiger partial charge is 0.384 e. The van der Waals surface area contributed by atoms with E-state index in [0.717, 1.165) is 11.3 Å². The van der Waals surface area contributed by atoms with Gasteiger partial charge in [0.2, 0.25) is 0 Å². The van der Waals surface area contributed by atoms with Gasteiger partial charge in [0.25, 0.3) is 0 Å². The molecular formula is C7H6ClNO2S. The smallest absolute Gasteiger partial charge is 0.171 e. The Hall–Kier alpha value is -0.600. The lowest BCUT2D eigenvalue weighted by molar-refractivity contribution is 0.0552. The minimum atomic E-state index is -1.39. The van der Waals surface area contributed by atoms with Gasteiger partial charge in [0.1, 0.15) is 6.10 Å². The second-order valence-electron chi connectivity index (χ2n) is 2.16. The third kappa shape index (κ3) is 1.96. The summed E-state index contributed by atoms with van der Waals surface area (Å²) in [6.07, 6.45) is -2.55. The number of nitrogens with zero attached hydrogens (tertiary/aromatic N) is 1. The van der Waals surface area contributed by atoms with Gasteiger partial charge >= 0.3 is 0 Å². The summed E-state index contributed by atoms with van der Waals surface area (Å²) >= 11 is 6.74. The first-order valence-electron chi connectivity index (χ1n) is 3.16. The van der Waals surface area contributed by atoms with Gasteiger partial charge in [-0.15, -0.1) is 11.3 Å². The molecule has 0 aliphatic rings. The molecule has 0 radical (unpaired) electrons. The molecule has 0 saturated heterocycles. The van der Waals surface area contributed by atoms with Crippen LogP contribution >= 0.6 is 22.9 Å². The van der Waals surface area contributed by atoms with Gasteiger partial charge in [0, 0.05) is 4.88 Å². The van der Waals surface area contributed by atoms with Crippen LogP contribution in [0.5, 0.6) is 0 Å². The van der Waals surface area contributed by atoms with Crippen LogP contribution in [-0.4, -0.2) is 16.3 Å². The highest BCUT2D eigenvalue weighted by molar-refractivity contribution is 7.16. The number of aliphatic hydroxyl groups is 2. The van der Waals surface area contributed by atoms with E-state index in [-0.39, 0.29) is 0 Å². The maximum absolute atomic E-state index is 9.28. The number of halogens is 1. The van der Waals surface area contributed by atoms with E-state index in [1.807, 2.05) is 0 Å². The molecule has 0 aromatic carbocycles. The molecule has 2 atom stereocenters. The summed E-state index contributed by atoms with van der Waals surface area (Å²) in [5.41, 5.74) is 0. The van der Waals surface area contributed by atoms with Crippen LogP contribution in [0.2, 0.25) is 4.34 Å². The van der Waals surface area contributed by atoms with E-state index in [0.29, 0.717) is 9.21 Å². The number of hydrogen-bond acceptors (Lipinski definition) is 4. The quantitative estimate of drug-likeness (QED) is 0.713.